The number of aliphatic hydroxyl groups is 1. The van der Waals surface area contributed by atoms with Crippen molar-refractivity contribution in [3.63, 3.8) is 0 Å². The Bertz CT molecular complexity index is 577. The summed E-state index contributed by atoms with van der Waals surface area (Å²) < 4.78 is 0. The molecular weight excluding hydrogens is 328 g/mol. The molecule has 1 N–H and O–H groups in total. The summed E-state index contributed by atoms with van der Waals surface area (Å²) in [5.41, 5.74) is 2.61. The molecule has 0 aromatic heterocycles. The van der Waals surface area contributed by atoms with Gasteiger partial charge in [0.1, 0.15) is 0 Å². The summed E-state index contributed by atoms with van der Waals surface area (Å²) in [7, 11) is 0. The Labute approximate surface area is 168 Å². The van der Waals surface area contributed by atoms with Crippen LogP contribution >= 0.6 is 0 Å². The first-order valence-corrected chi connectivity index (χ1v) is 12.1. The number of aliphatic hydroxyl groups excluding tert-OH is 1. The minimum atomic E-state index is -0.0758. The van der Waals surface area contributed by atoms with Gasteiger partial charge in [-0.1, -0.05) is 65.5 Å². The molecule has 0 heterocycles. The Morgan fingerprint density at radius 1 is 1.00 bits per heavy atom. The highest BCUT2D eigenvalue weighted by Crippen LogP contribution is 2.68. The third-order valence-electron chi connectivity index (χ3n) is 9.93. The summed E-state index contributed by atoms with van der Waals surface area (Å²) in [5.74, 6) is 5.26. The summed E-state index contributed by atoms with van der Waals surface area (Å²) in [6.07, 6.45) is 15.9. The zero-order valence-corrected chi connectivity index (χ0v) is 18.6. The molecule has 0 aromatic rings. The number of hydrogen-bond acceptors (Lipinski definition) is 1. The lowest BCUT2D eigenvalue weighted by Crippen LogP contribution is -2.45. The lowest BCUT2D eigenvalue weighted by Gasteiger charge is -2.52. The molecule has 0 saturated heterocycles. The van der Waals surface area contributed by atoms with Gasteiger partial charge in [0.05, 0.1) is 6.10 Å². The normalized spacial score (nSPS) is 47.4. The zero-order valence-electron chi connectivity index (χ0n) is 18.6. The van der Waals surface area contributed by atoms with Gasteiger partial charge >= 0.3 is 0 Å². The molecule has 1 heteroatoms. The molecule has 4 rings (SSSR count). The lowest BCUT2D eigenvalue weighted by molar-refractivity contribution is -0.0191. The van der Waals surface area contributed by atoms with E-state index in [4.69, 9.17) is 0 Å². The molecule has 4 aliphatic rings. The second-order valence-corrected chi connectivity index (χ2v) is 11.8. The van der Waals surface area contributed by atoms with Crippen molar-refractivity contribution in [2.24, 2.45) is 46.3 Å². The molecule has 3 fully saturated rings. The molecule has 27 heavy (non-hydrogen) atoms. The van der Waals surface area contributed by atoms with Gasteiger partial charge in [0.2, 0.25) is 0 Å². The van der Waals surface area contributed by atoms with Gasteiger partial charge in [0.15, 0.2) is 0 Å². The van der Waals surface area contributed by atoms with E-state index in [1.807, 2.05) is 0 Å². The van der Waals surface area contributed by atoms with Crippen LogP contribution < -0.4 is 0 Å². The Morgan fingerprint density at radius 2 is 1.78 bits per heavy atom. The Kier molecular flexibility index (Phi) is 5.32. The monoisotopic (exact) mass is 372 g/mol. The third-order valence-corrected chi connectivity index (χ3v) is 9.93. The molecule has 0 aliphatic heterocycles. The van der Waals surface area contributed by atoms with E-state index in [1.54, 1.807) is 5.57 Å². The lowest BCUT2D eigenvalue weighted by atomic mass is 9.53. The number of fused-ring (bicyclic) bond motifs is 5. The molecule has 154 valence electrons. The molecule has 0 radical (unpaired) electrons. The first-order chi connectivity index (χ1) is 12.8. The fourth-order valence-corrected chi connectivity index (χ4v) is 8.33. The van der Waals surface area contributed by atoms with Gasteiger partial charge in [-0.25, -0.2) is 0 Å². The smallest absolute Gasteiger partial charge is 0.0577 e. The Hall–Kier alpha value is -0.300. The summed E-state index contributed by atoms with van der Waals surface area (Å²) in [4.78, 5) is 0. The fraction of sp³-hybridized carbons (Fsp3) is 0.923. The average molecular weight is 373 g/mol. The molecule has 0 amide bonds. The van der Waals surface area contributed by atoms with E-state index >= 15 is 0 Å². The predicted octanol–water partition coefficient (Wildman–Crippen LogP) is 7.00. The van der Waals surface area contributed by atoms with Gasteiger partial charge in [-0.2, -0.15) is 0 Å². The van der Waals surface area contributed by atoms with Crippen LogP contribution in [0.25, 0.3) is 0 Å². The SMILES string of the molecule is CC(C)CCC[C@@H](C)[C@H]1CC[C@H]2[C@H]3C=C4C[C@@H](O)CC[C@]4(C)[C@@H]3CC[C@]12C. The van der Waals surface area contributed by atoms with E-state index in [1.165, 1.54) is 51.4 Å². The molecule has 1 nitrogen and oxygen atoms in total. The second-order valence-electron chi connectivity index (χ2n) is 11.8. The van der Waals surface area contributed by atoms with Crippen molar-refractivity contribution in [2.75, 3.05) is 0 Å². The van der Waals surface area contributed by atoms with Crippen LogP contribution in [0.1, 0.15) is 98.8 Å². The maximum Gasteiger partial charge on any atom is 0.0577 e. The van der Waals surface area contributed by atoms with Crippen LogP contribution in [0, 0.1) is 46.3 Å². The molecule has 0 bridgehead atoms. The average Bonchev–Trinajstić information content (AvgIpc) is 3.09. The summed E-state index contributed by atoms with van der Waals surface area (Å²) >= 11 is 0. The minimum absolute atomic E-state index is 0.0758. The van der Waals surface area contributed by atoms with Crippen molar-refractivity contribution in [3.8, 4) is 0 Å². The predicted molar refractivity (Wildman–Crippen MR) is 114 cm³/mol. The Morgan fingerprint density at radius 3 is 2.52 bits per heavy atom. The number of allylic oxidation sites excluding steroid dienone is 1. The summed E-state index contributed by atoms with van der Waals surface area (Å²) in [6.45, 7) is 12.5. The molecule has 3 saturated carbocycles. The van der Waals surface area contributed by atoms with Crippen LogP contribution in [-0.2, 0) is 0 Å². The van der Waals surface area contributed by atoms with Gasteiger partial charge < -0.3 is 5.11 Å². The zero-order chi connectivity index (χ0) is 19.4. The van der Waals surface area contributed by atoms with Gasteiger partial charge in [-0.15, -0.1) is 0 Å². The third kappa shape index (κ3) is 3.24. The highest BCUT2D eigenvalue weighted by atomic mass is 16.3. The van der Waals surface area contributed by atoms with Crippen LogP contribution in [-0.4, -0.2) is 11.2 Å². The maximum absolute atomic E-state index is 10.2. The van der Waals surface area contributed by atoms with Gasteiger partial charge in [0, 0.05) is 0 Å². The van der Waals surface area contributed by atoms with Gasteiger partial charge in [0.25, 0.3) is 0 Å². The van der Waals surface area contributed by atoms with Crippen molar-refractivity contribution in [2.45, 2.75) is 105 Å². The van der Waals surface area contributed by atoms with Crippen LogP contribution in [0.4, 0.5) is 0 Å². The topological polar surface area (TPSA) is 20.2 Å². The van der Waals surface area contributed by atoms with E-state index in [-0.39, 0.29) is 6.10 Å². The van der Waals surface area contributed by atoms with Crippen LogP contribution in [0.3, 0.4) is 0 Å². The number of hydrogen-bond donors (Lipinski definition) is 1. The second kappa shape index (κ2) is 7.19. The molecule has 8 atom stereocenters. The summed E-state index contributed by atoms with van der Waals surface area (Å²) in [5, 5.41) is 10.2. The van der Waals surface area contributed by atoms with Crippen LogP contribution in [0.2, 0.25) is 0 Å². The summed E-state index contributed by atoms with van der Waals surface area (Å²) in [6, 6.07) is 0. The quantitative estimate of drug-likeness (QED) is 0.515. The molecule has 0 aromatic carbocycles. The molecule has 4 aliphatic carbocycles. The van der Waals surface area contributed by atoms with Crippen LogP contribution in [0.5, 0.6) is 0 Å². The van der Waals surface area contributed by atoms with E-state index < -0.39 is 0 Å². The van der Waals surface area contributed by atoms with Gasteiger partial charge in [-0.3, -0.25) is 0 Å². The molecular formula is C26H44O. The largest absolute Gasteiger partial charge is 0.393 e. The van der Waals surface area contributed by atoms with E-state index in [2.05, 4.69) is 40.7 Å². The van der Waals surface area contributed by atoms with E-state index in [9.17, 15) is 5.11 Å². The first kappa shape index (κ1) is 20.0. The number of rotatable bonds is 5. The van der Waals surface area contributed by atoms with Crippen molar-refractivity contribution in [1.29, 1.82) is 0 Å². The van der Waals surface area contributed by atoms with Crippen molar-refractivity contribution in [1.82, 2.24) is 0 Å². The van der Waals surface area contributed by atoms with E-state index in [0.29, 0.717) is 10.8 Å². The fourth-order valence-electron chi connectivity index (χ4n) is 8.33. The van der Waals surface area contributed by atoms with Crippen molar-refractivity contribution in [3.05, 3.63) is 11.6 Å². The highest BCUT2D eigenvalue weighted by molar-refractivity contribution is 5.30. The first-order valence-electron chi connectivity index (χ1n) is 12.1. The standard InChI is InChI=1S/C26H44O/c1-17(2)7-6-8-18(3)22-9-10-23-21-16-19-15-20(27)11-13-25(19,4)24(21)12-14-26(22,23)5/h16-18,20-24,27H,6-15H2,1-5H3/t18-,20+,21-,22-,23+,24-,25+,26-/m1/s1. The van der Waals surface area contributed by atoms with E-state index in [0.717, 1.165) is 48.3 Å². The van der Waals surface area contributed by atoms with Crippen LogP contribution in [0.15, 0.2) is 11.6 Å². The highest BCUT2D eigenvalue weighted by Gasteiger charge is 2.60. The molecule has 0 spiro atoms. The maximum atomic E-state index is 10.2. The van der Waals surface area contributed by atoms with Gasteiger partial charge in [-0.05, 0) is 91.3 Å². The molecule has 0 unspecified atom stereocenters. The van der Waals surface area contributed by atoms with Crippen molar-refractivity contribution >= 4 is 0 Å². The van der Waals surface area contributed by atoms with Crippen molar-refractivity contribution < 1.29 is 5.11 Å². The minimum Gasteiger partial charge on any atom is -0.393 e. The Balaban J connectivity index is 1.49.